The van der Waals surface area contributed by atoms with Gasteiger partial charge in [0.05, 0.1) is 23.0 Å². The first-order chi connectivity index (χ1) is 13.5. The summed E-state index contributed by atoms with van der Waals surface area (Å²) in [5, 5.41) is 5.71. The first-order valence-corrected chi connectivity index (χ1v) is 9.61. The number of hydrogen-bond acceptors (Lipinski definition) is 2. The van der Waals surface area contributed by atoms with Crippen LogP contribution in [0.5, 0.6) is 0 Å². The predicted molar refractivity (Wildman–Crippen MR) is 114 cm³/mol. The minimum Gasteiger partial charge on any atom is -0.347 e. The number of carbonyl (C=O) groups excluding carboxylic acids is 2. The van der Waals surface area contributed by atoms with E-state index in [-0.39, 0.29) is 24.8 Å². The molecule has 0 aliphatic rings. The van der Waals surface area contributed by atoms with Crippen LogP contribution in [0.2, 0.25) is 10.0 Å². The smallest absolute Gasteiger partial charge is 0.242 e. The second-order valence-electron chi connectivity index (χ2n) is 6.55. The minimum atomic E-state index is -0.206. The maximum atomic E-state index is 12.3. The Morgan fingerprint density at radius 2 is 1.61 bits per heavy atom. The number of likely N-dealkylation sites (N-methyl/N-ethyl adjacent to an activating group) is 1. The molecule has 1 N–H and O–H groups in total. The minimum absolute atomic E-state index is 0.0711. The average Bonchev–Trinajstić information content (AvgIpc) is 2.70. The van der Waals surface area contributed by atoms with E-state index in [2.05, 4.69) is 5.32 Å². The monoisotopic (exact) mass is 414 g/mol. The number of nitrogens with zero attached hydrogens (tertiary/aromatic N) is 1. The zero-order chi connectivity index (χ0) is 20.1. The highest BCUT2D eigenvalue weighted by atomic mass is 35.5. The van der Waals surface area contributed by atoms with Gasteiger partial charge in [-0.3, -0.25) is 9.59 Å². The van der Waals surface area contributed by atoms with Crippen molar-refractivity contribution in [3.8, 4) is 0 Å². The van der Waals surface area contributed by atoms with Gasteiger partial charge in [-0.1, -0.05) is 77.8 Å². The van der Waals surface area contributed by atoms with E-state index in [0.717, 1.165) is 21.9 Å². The van der Waals surface area contributed by atoms with E-state index in [1.807, 2.05) is 48.5 Å². The van der Waals surface area contributed by atoms with Gasteiger partial charge in [0.25, 0.3) is 0 Å². The van der Waals surface area contributed by atoms with Gasteiger partial charge in [0, 0.05) is 13.6 Å². The Kier molecular flexibility index (Phi) is 6.55. The van der Waals surface area contributed by atoms with Gasteiger partial charge in [0.2, 0.25) is 11.8 Å². The van der Waals surface area contributed by atoms with E-state index in [4.69, 9.17) is 23.2 Å². The van der Waals surface area contributed by atoms with Crippen molar-refractivity contribution in [1.29, 1.82) is 0 Å². The highest BCUT2D eigenvalue weighted by molar-refractivity contribution is 6.42. The Labute approximate surface area is 174 Å². The lowest BCUT2D eigenvalue weighted by Gasteiger charge is -2.18. The van der Waals surface area contributed by atoms with Gasteiger partial charge >= 0.3 is 0 Å². The summed E-state index contributed by atoms with van der Waals surface area (Å²) in [7, 11) is 1.66. The zero-order valence-electron chi connectivity index (χ0n) is 15.4. The van der Waals surface area contributed by atoms with Crippen LogP contribution in [0.3, 0.4) is 0 Å². The van der Waals surface area contributed by atoms with Crippen LogP contribution in [-0.2, 0) is 22.6 Å². The molecule has 0 aliphatic heterocycles. The molecule has 0 aromatic heterocycles. The van der Waals surface area contributed by atoms with Crippen LogP contribution in [-0.4, -0.2) is 30.3 Å². The molecule has 144 valence electrons. The standard InChI is InChI=1S/C22H20Cl2N2O2/c1-26(14-17-9-5-11-19(23)22(17)24)21(28)13-25-20(27)12-16-8-4-7-15-6-2-3-10-18(15)16/h2-11H,12-14H2,1H3,(H,25,27). The van der Waals surface area contributed by atoms with Gasteiger partial charge in [-0.2, -0.15) is 0 Å². The molecule has 0 unspecified atom stereocenters. The fourth-order valence-corrected chi connectivity index (χ4v) is 3.39. The molecule has 0 saturated carbocycles. The van der Waals surface area contributed by atoms with Crippen LogP contribution in [0.4, 0.5) is 0 Å². The number of fused-ring (bicyclic) bond motifs is 1. The molecule has 0 bridgehead atoms. The molecular weight excluding hydrogens is 395 g/mol. The molecule has 0 fully saturated rings. The number of carbonyl (C=O) groups is 2. The second-order valence-corrected chi connectivity index (χ2v) is 7.34. The summed E-state index contributed by atoms with van der Waals surface area (Å²) in [5.74, 6) is -0.402. The maximum absolute atomic E-state index is 12.3. The van der Waals surface area contributed by atoms with Crippen molar-refractivity contribution < 1.29 is 9.59 Å². The maximum Gasteiger partial charge on any atom is 0.242 e. The number of halogens is 2. The molecule has 2 amide bonds. The molecule has 4 nitrogen and oxygen atoms in total. The van der Waals surface area contributed by atoms with Gasteiger partial charge in [0.1, 0.15) is 0 Å². The van der Waals surface area contributed by atoms with Gasteiger partial charge in [-0.05, 0) is 28.0 Å². The SMILES string of the molecule is CN(Cc1cccc(Cl)c1Cl)C(=O)CNC(=O)Cc1cccc2ccccc12. The summed E-state index contributed by atoms with van der Waals surface area (Å²) in [6.45, 7) is 0.246. The molecule has 0 spiro atoms. The van der Waals surface area contributed by atoms with Crippen molar-refractivity contribution in [3.63, 3.8) is 0 Å². The number of amides is 2. The van der Waals surface area contributed by atoms with E-state index in [0.29, 0.717) is 16.6 Å². The predicted octanol–water partition coefficient (Wildman–Crippen LogP) is 4.46. The molecule has 28 heavy (non-hydrogen) atoms. The second kappa shape index (κ2) is 9.09. The van der Waals surface area contributed by atoms with Crippen LogP contribution in [0.15, 0.2) is 60.7 Å². The van der Waals surface area contributed by atoms with Crippen molar-refractivity contribution in [2.75, 3.05) is 13.6 Å². The summed E-state index contributed by atoms with van der Waals surface area (Å²) in [6, 6.07) is 19.1. The van der Waals surface area contributed by atoms with Crippen molar-refractivity contribution >= 4 is 45.8 Å². The van der Waals surface area contributed by atoms with Crippen molar-refractivity contribution in [3.05, 3.63) is 81.8 Å². The number of hydrogen-bond donors (Lipinski definition) is 1. The Morgan fingerprint density at radius 3 is 2.43 bits per heavy atom. The van der Waals surface area contributed by atoms with E-state index in [1.165, 1.54) is 4.90 Å². The summed E-state index contributed by atoms with van der Waals surface area (Å²) < 4.78 is 0. The van der Waals surface area contributed by atoms with Crippen LogP contribution in [0.25, 0.3) is 10.8 Å². The molecule has 3 aromatic carbocycles. The quantitative estimate of drug-likeness (QED) is 0.646. The normalized spacial score (nSPS) is 10.7. The van der Waals surface area contributed by atoms with Gasteiger partial charge in [-0.15, -0.1) is 0 Å². The summed E-state index contributed by atoms with van der Waals surface area (Å²) >= 11 is 12.2. The summed E-state index contributed by atoms with van der Waals surface area (Å²) in [5.41, 5.74) is 1.69. The van der Waals surface area contributed by atoms with Gasteiger partial charge in [-0.25, -0.2) is 0 Å². The number of benzene rings is 3. The highest BCUT2D eigenvalue weighted by Crippen LogP contribution is 2.26. The lowest BCUT2D eigenvalue weighted by molar-refractivity contribution is -0.132. The zero-order valence-corrected chi connectivity index (χ0v) is 16.9. The third-order valence-corrected chi connectivity index (χ3v) is 5.39. The highest BCUT2D eigenvalue weighted by Gasteiger charge is 2.14. The average molecular weight is 415 g/mol. The molecule has 0 aliphatic carbocycles. The number of rotatable bonds is 6. The molecular formula is C22H20Cl2N2O2. The Hall–Kier alpha value is -2.56. The molecule has 6 heteroatoms. The largest absolute Gasteiger partial charge is 0.347 e. The van der Waals surface area contributed by atoms with Gasteiger partial charge < -0.3 is 10.2 Å². The van der Waals surface area contributed by atoms with E-state index < -0.39 is 0 Å². The third kappa shape index (κ3) is 4.83. The fraction of sp³-hybridized carbons (Fsp3) is 0.182. The molecule has 0 heterocycles. The van der Waals surface area contributed by atoms with E-state index in [9.17, 15) is 9.59 Å². The van der Waals surface area contributed by atoms with E-state index >= 15 is 0 Å². The van der Waals surface area contributed by atoms with E-state index in [1.54, 1.807) is 19.2 Å². The summed E-state index contributed by atoms with van der Waals surface area (Å²) in [6.07, 6.45) is 0.221. The molecule has 0 radical (unpaired) electrons. The van der Waals surface area contributed by atoms with Crippen LogP contribution >= 0.6 is 23.2 Å². The van der Waals surface area contributed by atoms with Gasteiger partial charge in [0.15, 0.2) is 0 Å². The molecule has 3 aromatic rings. The molecule has 0 saturated heterocycles. The topological polar surface area (TPSA) is 49.4 Å². The summed E-state index contributed by atoms with van der Waals surface area (Å²) in [4.78, 5) is 26.2. The van der Waals surface area contributed by atoms with Crippen LogP contribution in [0.1, 0.15) is 11.1 Å². The van der Waals surface area contributed by atoms with Crippen molar-refractivity contribution in [2.24, 2.45) is 0 Å². The first-order valence-electron chi connectivity index (χ1n) is 8.86. The lowest BCUT2D eigenvalue weighted by Crippen LogP contribution is -2.38. The van der Waals surface area contributed by atoms with Crippen LogP contribution in [0, 0.1) is 0 Å². The third-order valence-electron chi connectivity index (χ3n) is 4.53. The molecule has 0 atom stereocenters. The Bertz CT molecular complexity index is 1020. The fourth-order valence-electron chi connectivity index (χ4n) is 3.01. The van der Waals surface area contributed by atoms with Crippen molar-refractivity contribution in [2.45, 2.75) is 13.0 Å². The Morgan fingerprint density at radius 1 is 0.929 bits per heavy atom. The van der Waals surface area contributed by atoms with Crippen molar-refractivity contribution in [1.82, 2.24) is 10.2 Å². The molecule has 3 rings (SSSR count). The lowest BCUT2D eigenvalue weighted by atomic mass is 10.0. The van der Waals surface area contributed by atoms with Crippen LogP contribution < -0.4 is 5.32 Å². The first kappa shape index (κ1) is 20.2. The number of nitrogens with one attached hydrogen (secondary N) is 1. The Balaban J connectivity index is 1.56.